The highest BCUT2D eigenvalue weighted by molar-refractivity contribution is 9.12. The number of rotatable bonds is 108. The standard InChI is InChI=1S/C80H162O20S30/c1-2-78(45-9-18-54-106-126-115-63-27-36-72(91)92,77(99,43-7-16-52-104-124-113-61-25-34-70(87)88)44-8-17-53-105-125-114-62-26-35-71(89)90)119-130-120-79(46-10-19-55-107-127-116-64-28-37-73(93)94,47-11-20-56-108-128-117-65-29-38-74(95)96)80(100,48-12-21-57-109-129-118-66-30-39-75(97)98)76(41-5-14-50-102-122-111-59-23-32-68(83)84,42-6-15-51-103-123-112-60-24-33-69(85)86)40-4-3-13-49-101-121-110-58-22-31-67(81)82/h67-75,81-100H,2-66H2,1H3. The molecule has 0 saturated heterocycles. The average molecular weight is 2410 g/mol. The van der Waals surface area contributed by atoms with Crippen molar-refractivity contribution in [1.29, 1.82) is 0 Å². The second-order valence-electron chi connectivity index (χ2n) is 31.2. The topological polar surface area (TPSA) is 405 Å². The van der Waals surface area contributed by atoms with Crippen molar-refractivity contribution in [3.8, 4) is 0 Å². The minimum absolute atomic E-state index is 0.325. The average Bonchev–Trinajstić information content (AvgIpc) is 0.729. The first-order chi connectivity index (χ1) is 62.8. The number of hydrogen-bond acceptors (Lipinski definition) is 50. The Balaban J connectivity index is 9.36. The molecule has 0 heterocycles. The second-order valence-corrected chi connectivity index (χ2v) is 76.1. The highest BCUT2D eigenvalue weighted by Crippen LogP contribution is 2.67. The fourth-order valence-electron chi connectivity index (χ4n) is 13.6. The Morgan fingerprint density at radius 3 is 0.538 bits per heavy atom. The molecule has 20 nitrogen and oxygen atoms in total. The number of aliphatic hydroxyl groups is 20. The first-order valence-electron chi connectivity index (χ1n) is 45.7. The van der Waals surface area contributed by atoms with E-state index in [0.717, 1.165) is 270 Å². The van der Waals surface area contributed by atoms with Gasteiger partial charge in [-0.25, -0.2) is 0 Å². The molecule has 0 aromatic heterocycles. The largest absolute Gasteiger partial charge is 0.388 e. The summed E-state index contributed by atoms with van der Waals surface area (Å²) in [6.45, 7) is 2.29. The van der Waals surface area contributed by atoms with Crippen molar-refractivity contribution in [2.24, 2.45) is 5.41 Å². The highest BCUT2D eigenvalue weighted by atomic mass is 33.5. The lowest BCUT2D eigenvalue weighted by molar-refractivity contribution is -0.139. The maximum Gasteiger partial charge on any atom is 0.151 e. The zero-order valence-electron chi connectivity index (χ0n) is 75.8. The number of unbranched alkanes of at least 4 members (excludes halogenated alkanes) is 10. The molecule has 0 aliphatic heterocycles. The minimum atomic E-state index is -1.33. The van der Waals surface area contributed by atoms with Gasteiger partial charge in [0.1, 0.15) is 0 Å². The predicted molar refractivity (Wildman–Crippen MR) is 630 cm³/mol. The Kier molecular flexibility index (Phi) is 108. The van der Waals surface area contributed by atoms with Gasteiger partial charge in [-0.2, -0.15) is 0 Å². The molecule has 20 N–H and O–H groups in total. The molecule has 2 atom stereocenters. The van der Waals surface area contributed by atoms with Crippen molar-refractivity contribution in [3.63, 3.8) is 0 Å². The Morgan fingerprint density at radius 1 is 0.169 bits per heavy atom. The van der Waals surface area contributed by atoms with Crippen molar-refractivity contribution >= 4 is 314 Å². The molecule has 0 fully saturated rings. The lowest BCUT2D eigenvalue weighted by atomic mass is 9.55. The quantitative estimate of drug-likeness (QED) is 0.0153. The van der Waals surface area contributed by atoms with E-state index in [-0.39, 0.29) is 0 Å². The third-order valence-corrected chi connectivity index (χ3v) is 66.1. The molecular formula is C80H162O20S30. The second kappa shape index (κ2) is 101. The van der Waals surface area contributed by atoms with E-state index in [1.165, 1.54) is 0 Å². The number of aliphatic hydroxyl groups excluding tert-OH is 9. The van der Waals surface area contributed by atoms with E-state index < -0.39 is 82.7 Å². The van der Waals surface area contributed by atoms with Gasteiger partial charge in [-0.1, -0.05) is 268 Å². The van der Waals surface area contributed by atoms with Gasteiger partial charge in [0.2, 0.25) is 0 Å². The summed E-state index contributed by atoms with van der Waals surface area (Å²) in [6.07, 6.45) is 22.0. The van der Waals surface area contributed by atoms with Crippen LogP contribution in [0.1, 0.15) is 309 Å². The van der Waals surface area contributed by atoms with Crippen LogP contribution in [0.4, 0.5) is 0 Å². The molecule has 2 unspecified atom stereocenters. The first kappa shape index (κ1) is 140. The summed E-state index contributed by atoms with van der Waals surface area (Å²) in [5, 5.41) is 203. The van der Waals surface area contributed by atoms with E-state index in [1.807, 2.05) is 129 Å². The highest BCUT2D eigenvalue weighted by Gasteiger charge is 2.61. The Hall–Kier alpha value is 9.70. The van der Waals surface area contributed by atoms with E-state index >= 15 is 5.11 Å². The van der Waals surface area contributed by atoms with E-state index in [1.54, 1.807) is 186 Å². The van der Waals surface area contributed by atoms with Crippen molar-refractivity contribution in [3.05, 3.63) is 0 Å². The summed E-state index contributed by atoms with van der Waals surface area (Å²) in [6, 6.07) is 0. The van der Waals surface area contributed by atoms with Crippen LogP contribution in [-0.4, -0.2) is 283 Å². The summed E-state index contributed by atoms with van der Waals surface area (Å²) in [5.74, 6) is 15.4. The Bertz CT molecular complexity index is 2270. The van der Waals surface area contributed by atoms with Crippen LogP contribution in [0.15, 0.2) is 0 Å². The SMILES string of the molecule is CCC(CCCCSSSCCCC(O)O)(SSSC(CCCCSSSCCCC(O)O)(CCCCSSSCCCC(O)O)C(O)(CCCCSSSCCCC(O)O)C(CCCCCSSSCCCC(O)O)(CCCCSSSCCCC(O)O)CCCCSSSCCCC(O)O)C(O)(CCCCSSSCCCC(O)O)CCCCSSSCCCC(O)O. The zero-order valence-corrected chi connectivity index (χ0v) is 100. The minimum Gasteiger partial charge on any atom is -0.388 e. The van der Waals surface area contributed by atoms with Gasteiger partial charge in [0.15, 0.2) is 56.6 Å². The lowest BCUT2D eigenvalue weighted by Gasteiger charge is -2.59. The van der Waals surface area contributed by atoms with Gasteiger partial charge >= 0.3 is 0 Å². The third kappa shape index (κ3) is 84.3. The normalized spacial score (nSPS) is 13.7. The van der Waals surface area contributed by atoms with Gasteiger partial charge in [0.25, 0.3) is 0 Å². The summed E-state index contributed by atoms with van der Waals surface area (Å²) >= 11 is 0. The molecule has 0 amide bonds. The third-order valence-electron chi connectivity index (χ3n) is 20.5. The van der Waals surface area contributed by atoms with Gasteiger partial charge in [0, 0.05) is 109 Å². The fourth-order valence-corrected chi connectivity index (χ4v) is 56.7. The summed E-state index contributed by atoms with van der Waals surface area (Å²) in [4.78, 5) is 0. The van der Waals surface area contributed by atoms with Crippen LogP contribution in [0.5, 0.6) is 0 Å². The molecule has 0 radical (unpaired) electrons. The number of hydrogen-bond donors (Lipinski definition) is 20. The van der Waals surface area contributed by atoms with Gasteiger partial charge in [-0.15, -0.1) is 0 Å². The van der Waals surface area contributed by atoms with Crippen LogP contribution in [0.2, 0.25) is 0 Å². The summed E-state index contributed by atoms with van der Waals surface area (Å²) in [5.41, 5.74) is -2.91. The molecule has 0 saturated carbocycles. The van der Waals surface area contributed by atoms with E-state index in [2.05, 4.69) is 6.92 Å². The Labute approximate surface area is 899 Å². The lowest BCUT2D eigenvalue weighted by Crippen LogP contribution is -2.62. The molecule has 0 bridgehead atoms. The molecule has 0 spiro atoms. The molecule has 50 heteroatoms. The van der Waals surface area contributed by atoms with Crippen LogP contribution >= 0.6 is 314 Å². The monoisotopic (exact) mass is 2400 g/mol. The van der Waals surface area contributed by atoms with Gasteiger partial charge < -0.3 is 102 Å². The van der Waals surface area contributed by atoms with E-state index in [4.69, 9.17) is 0 Å². The van der Waals surface area contributed by atoms with E-state index in [9.17, 15) is 97.0 Å². The van der Waals surface area contributed by atoms with Crippen molar-refractivity contribution < 1.29 is 102 Å². The maximum atomic E-state index is 16.2. The summed E-state index contributed by atoms with van der Waals surface area (Å²) < 4.78 is -1.36. The van der Waals surface area contributed by atoms with E-state index in [0.29, 0.717) is 135 Å². The fraction of sp³-hybridized carbons (Fsp3) is 1.00. The molecule has 0 aromatic rings. The molecule has 0 aliphatic rings. The van der Waals surface area contributed by atoms with Gasteiger partial charge in [0.05, 0.1) is 20.7 Å². The predicted octanol–water partition coefficient (Wildman–Crippen LogP) is 26.4. The van der Waals surface area contributed by atoms with Crippen LogP contribution in [-0.2, 0) is 0 Å². The van der Waals surface area contributed by atoms with Crippen molar-refractivity contribution in [2.75, 3.05) is 104 Å². The van der Waals surface area contributed by atoms with Crippen molar-refractivity contribution in [2.45, 2.75) is 386 Å². The molecule has 782 valence electrons. The molecule has 0 rings (SSSR count). The molecular weight excluding hydrogens is 2240 g/mol. The van der Waals surface area contributed by atoms with Crippen LogP contribution < -0.4 is 0 Å². The molecule has 0 aliphatic carbocycles. The summed E-state index contributed by atoms with van der Waals surface area (Å²) in [7, 11) is 53.8. The Morgan fingerprint density at radius 2 is 0.331 bits per heavy atom. The van der Waals surface area contributed by atoms with Gasteiger partial charge in [-0.05, 0) is 355 Å². The molecule has 130 heavy (non-hydrogen) atoms. The smallest absolute Gasteiger partial charge is 0.151 e. The zero-order chi connectivity index (χ0) is 95.9. The molecule has 0 aromatic carbocycles. The maximum absolute atomic E-state index is 16.2. The van der Waals surface area contributed by atoms with Crippen molar-refractivity contribution in [1.82, 2.24) is 0 Å². The van der Waals surface area contributed by atoms with Crippen LogP contribution in [0, 0.1) is 5.41 Å². The van der Waals surface area contributed by atoms with Crippen LogP contribution in [0.25, 0.3) is 0 Å². The van der Waals surface area contributed by atoms with Crippen LogP contribution in [0.3, 0.4) is 0 Å². The van der Waals surface area contributed by atoms with Gasteiger partial charge in [-0.3, -0.25) is 0 Å². The first-order valence-corrected chi connectivity index (χ1v) is 83.6.